The van der Waals surface area contributed by atoms with Crippen molar-refractivity contribution in [1.29, 1.82) is 0 Å². The zero-order valence-electron chi connectivity index (χ0n) is 13.5. The van der Waals surface area contributed by atoms with E-state index in [1.165, 1.54) is 12.1 Å². The number of nitrogens with zero attached hydrogens (tertiary/aromatic N) is 3. The number of morpholine rings is 1. The lowest BCUT2D eigenvalue weighted by atomic mass is 10.1. The van der Waals surface area contributed by atoms with Crippen molar-refractivity contribution in [3.63, 3.8) is 0 Å². The van der Waals surface area contributed by atoms with Gasteiger partial charge in [0.1, 0.15) is 12.4 Å². The molecule has 2 aliphatic rings. The maximum atomic E-state index is 13.7. The fourth-order valence-corrected chi connectivity index (χ4v) is 3.28. The van der Waals surface area contributed by atoms with E-state index in [9.17, 15) is 13.6 Å². The van der Waals surface area contributed by atoms with Gasteiger partial charge in [0.2, 0.25) is 5.88 Å². The fourth-order valence-electron chi connectivity index (χ4n) is 3.28. The van der Waals surface area contributed by atoms with Crippen LogP contribution in [0.2, 0.25) is 0 Å². The molecule has 2 aromatic rings. The minimum absolute atomic E-state index is 0.0730. The predicted molar refractivity (Wildman–Crippen MR) is 85.8 cm³/mol. The number of hydrogen-bond acceptors (Lipinski definition) is 5. The van der Waals surface area contributed by atoms with E-state index in [0.29, 0.717) is 26.3 Å². The Labute approximate surface area is 142 Å². The summed E-state index contributed by atoms with van der Waals surface area (Å²) >= 11 is 0. The third-order valence-electron chi connectivity index (χ3n) is 4.58. The van der Waals surface area contributed by atoms with Crippen LogP contribution in [0.15, 0.2) is 29.1 Å². The van der Waals surface area contributed by atoms with Gasteiger partial charge in [-0.1, -0.05) is 12.1 Å². The Morgan fingerprint density at radius 1 is 1.32 bits per heavy atom. The molecule has 0 aliphatic carbocycles. The molecule has 0 amide bonds. The molecule has 1 saturated heterocycles. The molecule has 0 radical (unpaired) electrons. The summed E-state index contributed by atoms with van der Waals surface area (Å²) in [6.07, 6.45) is 0.823. The topological polar surface area (TPSA) is 56.6 Å². The van der Waals surface area contributed by atoms with Crippen molar-refractivity contribution in [2.75, 3.05) is 24.7 Å². The van der Waals surface area contributed by atoms with E-state index in [-0.39, 0.29) is 24.1 Å². The number of aromatic nitrogens is 2. The minimum Gasteiger partial charge on any atom is -0.472 e. The molecule has 1 aromatic heterocycles. The van der Waals surface area contributed by atoms with Crippen molar-refractivity contribution in [3.05, 3.63) is 51.9 Å². The quantitative estimate of drug-likeness (QED) is 0.844. The first-order chi connectivity index (χ1) is 12.1. The average Bonchev–Trinajstić information content (AvgIpc) is 2.63. The van der Waals surface area contributed by atoms with Gasteiger partial charge in [-0.15, -0.1) is 0 Å². The number of fused-ring (bicyclic) bond motifs is 3. The summed E-state index contributed by atoms with van der Waals surface area (Å²) in [5.74, 6) is -1.05. The monoisotopic (exact) mass is 349 g/mol. The Bertz CT molecular complexity index is 856. The van der Waals surface area contributed by atoms with Crippen LogP contribution < -0.4 is 15.3 Å². The molecule has 6 nitrogen and oxygen atoms in total. The first kappa shape index (κ1) is 16.0. The largest absolute Gasteiger partial charge is 0.472 e. The fraction of sp³-hybridized carbons (Fsp3) is 0.412. The predicted octanol–water partition coefficient (Wildman–Crippen LogP) is 1.71. The molecule has 1 aromatic carbocycles. The van der Waals surface area contributed by atoms with Gasteiger partial charge >= 0.3 is 5.69 Å². The van der Waals surface area contributed by atoms with Crippen molar-refractivity contribution in [2.45, 2.75) is 25.6 Å². The van der Waals surface area contributed by atoms with Crippen LogP contribution in [0.25, 0.3) is 0 Å². The van der Waals surface area contributed by atoms with Crippen LogP contribution in [0.4, 0.5) is 14.6 Å². The van der Waals surface area contributed by atoms with Crippen LogP contribution in [-0.2, 0) is 17.9 Å². The van der Waals surface area contributed by atoms with Gasteiger partial charge in [0.25, 0.3) is 0 Å². The number of benzene rings is 1. The highest BCUT2D eigenvalue weighted by atomic mass is 19.2. The number of halogens is 2. The Kier molecular flexibility index (Phi) is 4.12. The first-order valence-electron chi connectivity index (χ1n) is 8.15. The molecule has 4 rings (SSSR count). The van der Waals surface area contributed by atoms with Gasteiger partial charge in [-0.25, -0.2) is 13.6 Å². The van der Waals surface area contributed by atoms with Crippen molar-refractivity contribution >= 4 is 5.82 Å². The Hall–Kier alpha value is -2.48. The van der Waals surface area contributed by atoms with E-state index >= 15 is 0 Å². The molecule has 0 saturated carbocycles. The maximum absolute atomic E-state index is 13.7. The second-order valence-corrected chi connectivity index (χ2v) is 6.10. The van der Waals surface area contributed by atoms with Crippen molar-refractivity contribution in [1.82, 2.24) is 9.55 Å². The third-order valence-corrected chi connectivity index (χ3v) is 4.58. The molecule has 25 heavy (non-hydrogen) atoms. The minimum atomic E-state index is -0.953. The summed E-state index contributed by atoms with van der Waals surface area (Å²) in [7, 11) is 0. The number of anilines is 1. The van der Waals surface area contributed by atoms with Crippen molar-refractivity contribution in [2.24, 2.45) is 0 Å². The van der Waals surface area contributed by atoms with Gasteiger partial charge in [-0.3, -0.25) is 4.57 Å². The Balaban J connectivity index is 1.60. The van der Waals surface area contributed by atoms with Crippen LogP contribution in [0.3, 0.4) is 0 Å². The van der Waals surface area contributed by atoms with Crippen LogP contribution >= 0.6 is 0 Å². The summed E-state index contributed by atoms with van der Waals surface area (Å²) in [4.78, 5) is 18.3. The summed E-state index contributed by atoms with van der Waals surface area (Å²) in [6, 6.07) is 5.78. The summed E-state index contributed by atoms with van der Waals surface area (Å²) in [6.45, 7) is 2.28. The summed E-state index contributed by atoms with van der Waals surface area (Å²) < 4.78 is 39.5. The average molecular weight is 349 g/mol. The lowest BCUT2D eigenvalue weighted by Crippen LogP contribution is -2.51. The number of rotatable bonds is 3. The zero-order chi connectivity index (χ0) is 17.4. The molecule has 132 valence electrons. The van der Waals surface area contributed by atoms with Gasteiger partial charge in [0.15, 0.2) is 11.6 Å². The smallest absolute Gasteiger partial charge is 0.352 e. The molecule has 1 fully saturated rings. The van der Waals surface area contributed by atoms with E-state index in [4.69, 9.17) is 9.47 Å². The molecule has 2 aliphatic heterocycles. The SMILES string of the molecule is O=c1nc(OCc2cccc(F)c2F)cc2n1CCC1COCCN21. The van der Waals surface area contributed by atoms with Gasteiger partial charge in [0, 0.05) is 24.7 Å². The molecule has 0 N–H and O–H groups in total. The highest BCUT2D eigenvalue weighted by Gasteiger charge is 2.30. The molecular formula is C17H17F2N3O3. The van der Waals surface area contributed by atoms with E-state index in [2.05, 4.69) is 9.88 Å². The van der Waals surface area contributed by atoms with Crippen LogP contribution in [-0.4, -0.2) is 35.4 Å². The lowest BCUT2D eigenvalue weighted by Gasteiger charge is -2.41. The van der Waals surface area contributed by atoms with Gasteiger partial charge in [-0.05, 0) is 12.5 Å². The molecule has 0 spiro atoms. The van der Waals surface area contributed by atoms with Gasteiger partial charge in [-0.2, -0.15) is 4.98 Å². The lowest BCUT2D eigenvalue weighted by molar-refractivity contribution is 0.0847. The number of hydrogen-bond donors (Lipinski definition) is 0. The third kappa shape index (κ3) is 2.97. The van der Waals surface area contributed by atoms with E-state index in [0.717, 1.165) is 18.3 Å². The van der Waals surface area contributed by atoms with E-state index < -0.39 is 17.3 Å². The van der Waals surface area contributed by atoms with Crippen LogP contribution in [0.1, 0.15) is 12.0 Å². The summed E-state index contributed by atoms with van der Waals surface area (Å²) in [5.41, 5.74) is -0.332. The highest BCUT2D eigenvalue weighted by Crippen LogP contribution is 2.28. The Morgan fingerprint density at radius 3 is 3.08 bits per heavy atom. The molecule has 8 heteroatoms. The standard InChI is InChI=1S/C17H17F2N3O3/c18-13-3-1-2-11(16(13)19)9-25-14-8-15-21-6-7-24-10-12(21)4-5-22(15)17(23)20-14/h1-3,8,12H,4-7,9-10H2. The molecular weight excluding hydrogens is 332 g/mol. The van der Waals surface area contributed by atoms with Crippen LogP contribution in [0.5, 0.6) is 5.88 Å². The molecule has 1 unspecified atom stereocenters. The first-order valence-corrected chi connectivity index (χ1v) is 8.15. The molecule has 1 atom stereocenters. The van der Waals surface area contributed by atoms with E-state index in [1.807, 2.05) is 0 Å². The van der Waals surface area contributed by atoms with Crippen molar-refractivity contribution < 1.29 is 18.3 Å². The van der Waals surface area contributed by atoms with Gasteiger partial charge in [0.05, 0.1) is 19.3 Å². The van der Waals surface area contributed by atoms with Crippen molar-refractivity contribution in [3.8, 4) is 5.88 Å². The van der Waals surface area contributed by atoms with Crippen LogP contribution in [0, 0.1) is 11.6 Å². The number of ether oxygens (including phenoxy) is 2. The zero-order valence-corrected chi connectivity index (χ0v) is 13.5. The normalized spacial score (nSPS) is 19.3. The Morgan fingerprint density at radius 2 is 2.20 bits per heavy atom. The maximum Gasteiger partial charge on any atom is 0.352 e. The highest BCUT2D eigenvalue weighted by molar-refractivity contribution is 5.45. The molecule has 0 bridgehead atoms. The van der Waals surface area contributed by atoms with E-state index in [1.54, 1.807) is 10.6 Å². The van der Waals surface area contributed by atoms with Gasteiger partial charge < -0.3 is 14.4 Å². The summed E-state index contributed by atoms with van der Waals surface area (Å²) in [5, 5.41) is 0. The second kappa shape index (κ2) is 6.44. The molecule has 3 heterocycles. The second-order valence-electron chi connectivity index (χ2n) is 6.10.